The van der Waals surface area contributed by atoms with Gasteiger partial charge in [0, 0.05) is 18.1 Å². The maximum Gasteiger partial charge on any atom is 0.264 e. The first-order valence-corrected chi connectivity index (χ1v) is 13.9. The van der Waals surface area contributed by atoms with E-state index in [0.29, 0.717) is 6.54 Å². The zero-order valence-electron chi connectivity index (χ0n) is 21.8. The second-order valence-corrected chi connectivity index (χ2v) is 11.0. The summed E-state index contributed by atoms with van der Waals surface area (Å²) in [4.78, 5) is 28.0. The Labute approximate surface area is 229 Å². The molecule has 8 nitrogen and oxygen atoms in total. The Kier molecular flexibility index (Phi) is 9.77. The van der Waals surface area contributed by atoms with Crippen molar-refractivity contribution in [3.63, 3.8) is 0 Å². The molecule has 0 saturated carbocycles. The Hall–Kier alpha value is -3.56. The molecule has 10 heteroatoms. The van der Waals surface area contributed by atoms with Gasteiger partial charge in [-0.25, -0.2) is 8.42 Å². The van der Waals surface area contributed by atoms with Crippen LogP contribution in [0, 0.1) is 6.92 Å². The predicted octanol–water partition coefficient (Wildman–Crippen LogP) is 4.41. The van der Waals surface area contributed by atoms with E-state index < -0.39 is 28.5 Å². The molecule has 0 aliphatic carbocycles. The SMILES string of the molecule is CCNC(=O)C(C)N(Cc1ccc(C)cc1)C(=O)CN(c1cc(Cl)ccc1OC)S(=O)(=O)c1ccccc1. The highest BCUT2D eigenvalue weighted by Gasteiger charge is 2.33. The van der Waals surface area contributed by atoms with Crippen LogP contribution in [0.5, 0.6) is 5.75 Å². The lowest BCUT2D eigenvalue weighted by Crippen LogP contribution is -2.51. The molecule has 0 fully saturated rings. The molecule has 0 aromatic heterocycles. The monoisotopic (exact) mass is 557 g/mol. The van der Waals surface area contributed by atoms with Crippen LogP contribution in [-0.2, 0) is 26.2 Å². The number of anilines is 1. The van der Waals surface area contributed by atoms with Crippen LogP contribution in [0.4, 0.5) is 5.69 Å². The molecule has 1 N–H and O–H groups in total. The van der Waals surface area contributed by atoms with Crippen LogP contribution in [0.25, 0.3) is 0 Å². The highest BCUT2D eigenvalue weighted by atomic mass is 35.5. The third-order valence-electron chi connectivity index (χ3n) is 6.01. The summed E-state index contributed by atoms with van der Waals surface area (Å²) < 4.78 is 34.1. The number of rotatable bonds is 11. The Balaban J connectivity index is 2.08. The molecule has 3 rings (SSSR count). The Morgan fingerprint density at radius 3 is 2.29 bits per heavy atom. The lowest BCUT2D eigenvalue weighted by molar-refractivity contribution is -0.139. The van der Waals surface area contributed by atoms with Gasteiger partial charge in [0.15, 0.2) is 0 Å². The molecule has 1 unspecified atom stereocenters. The molecule has 202 valence electrons. The van der Waals surface area contributed by atoms with Crippen molar-refractivity contribution >= 4 is 39.1 Å². The fraction of sp³-hybridized carbons (Fsp3) is 0.286. The molecular formula is C28H32ClN3O5S. The average Bonchev–Trinajstić information content (AvgIpc) is 2.91. The van der Waals surface area contributed by atoms with E-state index in [0.717, 1.165) is 15.4 Å². The summed E-state index contributed by atoms with van der Waals surface area (Å²) >= 11 is 6.23. The summed E-state index contributed by atoms with van der Waals surface area (Å²) in [5, 5.41) is 3.01. The number of hydrogen-bond acceptors (Lipinski definition) is 5. The predicted molar refractivity (Wildman–Crippen MR) is 149 cm³/mol. The molecule has 3 aromatic rings. The summed E-state index contributed by atoms with van der Waals surface area (Å²) in [6.45, 7) is 5.29. The number of nitrogens with zero attached hydrogens (tertiary/aromatic N) is 2. The quantitative estimate of drug-likeness (QED) is 0.377. The number of hydrogen-bond donors (Lipinski definition) is 1. The molecule has 0 aliphatic rings. The number of halogens is 1. The van der Waals surface area contributed by atoms with Crippen LogP contribution in [-0.4, -0.2) is 51.4 Å². The normalized spacial score (nSPS) is 11.9. The van der Waals surface area contributed by atoms with E-state index >= 15 is 0 Å². The van der Waals surface area contributed by atoms with Gasteiger partial charge in [0.1, 0.15) is 18.3 Å². The minimum atomic E-state index is -4.22. The van der Waals surface area contributed by atoms with Crippen molar-refractivity contribution in [1.29, 1.82) is 0 Å². The van der Waals surface area contributed by atoms with Gasteiger partial charge in [0.25, 0.3) is 10.0 Å². The largest absolute Gasteiger partial charge is 0.495 e. The smallest absolute Gasteiger partial charge is 0.264 e. The van der Waals surface area contributed by atoms with Gasteiger partial charge in [-0.05, 0) is 56.7 Å². The number of aryl methyl sites for hydroxylation is 1. The lowest BCUT2D eigenvalue weighted by atomic mass is 10.1. The Morgan fingerprint density at radius 1 is 1.03 bits per heavy atom. The molecule has 0 spiro atoms. The third kappa shape index (κ3) is 6.85. The summed E-state index contributed by atoms with van der Waals surface area (Å²) in [5.41, 5.74) is 1.97. The van der Waals surface area contributed by atoms with Gasteiger partial charge in [-0.3, -0.25) is 13.9 Å². The van der Waals surface area contributed by atoms with Gasteiger partial charge >= 0.3 is 0 Å². The zero-order valence-corrected chi connectivity index (χ0v) is 23.4. The van der Waals surface area contributed by atoms with Crippen LogP contribution >= 0.6 is 11.6 Å². The maximum absolute atomic E-state index is 13.9. The first kappa shape index (κ1) is 29.0. The molecular weight excluding hydrogens is 526 g/mol. The van der Waals surface area contributed by atoms with E-state index in [4.69, 9.17) is 16.3 Å². The molecule has 0 aliphatic heterocycles. The van der Waals surface area contributed by atoms with Crippen LogP contribution < -0.4 is 14.4 Å². The van der Waals surface area contributed by atoms with Crippen LogP contribution in [0.15, 0.2) is 77.7 Å². The molecule has 1 atom stereocenters. The minimum absolute atomic E-state index is 0.00307. The van der Waals surface area contributed by atoms with Gasteiger partial charge in [-0.2, -0.15) is 0 Å². The number of likely N-dealkylation sites (N-methyl/N-ethyl adjacent to an activating group) is 1. The number of amides is 2. The minimum Gasteiger partial charge on any atom is -0.495 e. The lowest BCUT2D eigenvalue weighted by Gasteiger charge is -2.32. The second-order valence-electron chi connectivity index (χ2n) is 8.72. The molecule has 0 saturated heterocycles. The molecule has 3 aromatic carbocycles. The fourth-order valence-electron chi connectivity index (χ4n) is 3.89. The highest BCUT2D eigenvalue weighted by molar-refractivity contribution is 7.92. The Morgan fingerprint density at radius 2 is 1.68 bits per heavy atom. The molecule has 0 bridgehead atoms. The average molecular weight is 558 g/mol. The van der Waals surface area contributed by atoms with E-state index in [1.165, 1.54) is 36.3 Å². The van der Waals surface area contributed by atoms with Gasteiger partial charge in [-0.1, -0.05) is 59.6 Å². The van der Waals surface area contributed by atoms with Crippen molar-refractivity contribution in [2.24, 2.45) is 0 Å². The van der Waals surface area contributed by atoms with Crippen molar-refractivity contribution in [3.05, 3.63) is 88.9 Å². The second kappa shape index (κ2) is 12.8. The van der Waals surface area contributed by atoms with Crippen molar-refractivity contribution in [2.45, 2.75) is 38.3 Å². The van der Waals surface area contributed by atoms with E-state index in [2.05, 4.69) is 5.32 Å². The van der Waals surface area contributed by atoms with Crippen molar-refractivity contribution < 1.29 is 22.7 Å². The highest BCUT2D eigenvalue weighted by Crippen LogP contribution is 2.35. The zero-order chi connectivity index (χ0) is 27.9. The summed E-state index contributed by atoms with van der Waals surface area (Å²) in [6, 6.07) is 19.1. The standard InChI is InChI=1S/C28H32ClN3O5S/c1-5-30-28(34)21(3)31(18-22-13-11-20(2)12-14-22)27(33)19-32(25-17-23(29)15-16-26(25)37-4)38(35,36)24-9-7-6-8-10-24/h6-17,21H,5,18-19H2,1-4H3,(H,30,34). The third-order valence-corrected chi connectivity index (χ3v) is 8.02. The molecule has 0 radical (unpaired) electrons. The number of nitrogens with one attached hydrogen (secondary N) is 1. The number of sulfonamides is 1. The maximum atomic E-state index is 13.9. The molecule has 2 amide bonds. The van der Waals surface area contributed by atoms with Crippen LogP contribution in [0.2, 0.25) is 5.02 Å². The number of ether oxygens (including phenoxy) is 1. The van der Waals surface area contributed by atoms with E-state index in [9.17, 15) is 18.0 Å². The van der Waals surface area contributed by atoms with E-state index in [1.54, 1.807) is 38.1 Å². The first-order chi connectivity index (χ1) is 18.1. The van der Waals surface area contributed by atoms with Crippen molar-refractivity contribution in [2.75, 3.05) is 24.5 Å². The van der Waals surface area contributed by atoms with Crippen molar-refractivity contribution in [3.8, 4) is 5.75 Å². The van der Waals surface area contributed by atoms with Crippen LogP contribution in [0.1, 0.15) is 25.0 Å². The van der Waals surface area contributed by atoms with Gasteiger partial charge in [-0.15, -0.1) is 0 Å². The number of benzene rings is 3. The summed E-state index contributed by atoms with van der Waals surface area (Å²) in [7, 11) is -2.81. The van der Waals surface area contributed by atoms with E-state index in [-0.39, 0.29) is 33.8 Å². The van der Waals surface area contributed by atoms with Gasteiger partial charge in [0.05, 0.1) is 17.7 Å². The van der Waals surface area contributed by atoms with Gasteiger partial charge in [0.2, 0.25) is 11.8 Å². The fourth-order valence-corrected chi connectivity index (χ4v) is 5.49. The Bertz CT molecular complexity index is 1360. The number of carbonyl (C=O) groups is 2. The summed E-state index contributed by atoms with van der Waals surface area (Å²) in [6.07, 6.45) is 0. The topological polar surface area (TPSA) is 96.0 Å². The number of methoxy groups -OCH3 is 1. The number of carbonyl (C=O) groups excluding carboxylic acids is 2. The molecule has 0 heterocycles. The van der Waals surface area contributed by atoms with Crippen LogP contribution in [0.3, 0.4) is 0 Å². The first-order valence-electron chi connectivity index (χ1n) is 12.1. The van der Waals surface area contributed by atoms with Crippen molar-refractivity contribution in [1.82, 2.24) is 10.2 Å². The van der Waals surface area contributed by atoms with Gasteiger partial charge < -0.3 is 15.0 Å². The van der Waals surface area contributed by atoms with E-state index in [1.807, 2.05) is 31.2 Å². The summed E-state index contributed by atoms with van der Waals surface area (Å²) in [5.74, 6) is -0.680. The molecule has 38 heavy (non-hydrogen) atoms.